The van der Waals surface area contributed by atoms with Gasteiger partial charge in [0.25, 0.3) is 0 Å². The number of Topliss-reactive ketones (excluding diaryl/α,β-unsaturated/α-hetero) is 1. The molecule has 0 aromatic carbocycles. The summed E-state index contributed by atoms with van der Waals surface area (Å²) in [6.07, 6.45) is 5.99. The number of fused-ring (bicyclic) bond motifs is 1. The van der Waals surface area contributed by atoms with Crippen molar-refractivity contribution in [3.05, 3.63) is 28.5 Å². The first kappa shape index (κ1) is 15.0. The quantitative estimate of drug-likeness (QED) is 0.720. The lowest BCUT2D eigenvalue weighted by molar-refractivity contribution is 0.0967. The summed E-state index contributed by atoms with van der Waals surface area (Å²) >= 11 is 1.44. The largest absolute Gasteiger partial charge is 0.352 e. The highest BCUT2D eigenvalue weighted by Crippen LogP contribution is 2.28. The molecule has 0 N–H and O–H groups in total. The number of nitrogens with zero attached hydrogens (tertiary/aromatic N) is 2. The summed E-state index contributed by atoms with van der Waals surface area (Å²) < 4.78 is 4.79. The molecule has 6 heteroatoms. The van der Waals surface area contributed by atoms with E-state index in [1.165, 1.54) is 24.0 Å². The lowest BCUT2D eigenvalue weighted by atomic mass is 10.0. The minimum atomic E-state index is -0.271. The van der Waals surface area contributed by atoms with Gasteiger partial charge in [0.05, 0.1) is 16.7 Å². The first-order valence-electron chi connectivity index (χ1n) is 6.62. The molecule has 5 nitrogen and oxygen atoms in total. The molecule has 0 atom stereocenters. The fourth-order valence-electron chi connectivity index (χ4n) is 1.96. The van der Waals surface area contributed by atoms with Gasteiger partial charge in [0.15, 0.2) is 0 Å². The van der Waals surface area contributed by atoms with Crippen molar-refractivity contribution >= 4 is 23.3 Å². The Hall–Kier alpha value is -1.40. The van der Waals surface area contributed by atoms with Gasteiger partial charge in [-0.3, -0.25) is 9.59 Å². The van der Waals surface area contributed by atoms with Crippen molar-refractivity contribution in [1.82, 2.24) is 10.1 Å². The maximum atomic E-state index is 12.1. The van der Waals surface area contributed by atoms with E-state index in [1.807, 2.05) is 0 Å². The Morgan fingerprint density at radius 3 is 2.80 bits per heavy atom. The Balaban J connectivity index is 1.79. The average molecular weight is 294 g/mol. The third-order valence-electron chi connectivity index (χ3n) is 3.03. The molecule has 0 spiro atoms. The summed E-state index contributed by atoms with van der Waals surface area (Å²) in [5, 5.41) is 3.51. The molecule has 20 heavy (non-hydrogen) atoms. The monoisotopic (exact) mass is 294 g/mol. The number of carbonyl (C=O) groups is 2. The zero-order chi connectivity index (χ0) is 14.5. The van der Waals surface area contributed by atoms with E-state index in [-0.39, 0.29) is 22.9 Å². The van der Waals surface area contributed by atoms with Gasteiger partial charge in [-0.05, 0) is 39.2 Å². The molecule has 1 heterocycles. The maximum Gasteiger partial charge on any atom is 0.225 e. The van der Waals surface area contributed by atoms with Gasteiger partial charge in [-0.2, -0.15) is 0 Å². The highest BCUT2D eigenvalue weighted by molar-refractivity contribution is 8.04. The molecule has 0 aliphatic heterocycles. The molecule has 2 rings (SSSR count). The molecule has 0 amide bonds. The number of ketones is 2. The third-order valence-corrected chi connectivity index (χ3v) is 4.14. The van der Waals surface area contributed by atoms with Crippen LogP contribution in [-0.4, -0.2) is 48.0 Å². The molecule has 0 fully saturated rings. The molecule has 1 aliphatic rings. The van der Waals surface area contributed by atoms with Crippen LogP contribution in [0.4, 0.5) is 0 Å². The Labute approximate surface area is 122 Å². The summed E-state index contributed by atoms with van der Waals surface area (Å²) in [6, 6.07) is 0. The van der Waals surface area contributed by atoms with Crippen LogP contribution in [0.3, 0.4) is 0 Å². The minimum Gasteiger partial charge on any atom is -0.352 e. The smallest absolute Gasteiger partial charge is 0.225 e. The first-order valence-corrected chi connectivity index (χ1v) is 7.61. The summed E-state index contributed by atoms with van der Waals surface area (Å²) in [5.41, 5.74) is 0.285. The molecular formula is C14H18N2O3S. The van der Waals surface area contributed by atoms with Crippen LogP contribution in [0, 0.1) is 0 Å². The Morgan fingerprint density at radius 1 is 1.25 bits per heavy atom. The number of hydrogen-bond acceptors (Lipinski definition) is 6. The second-order valence-electron chi connectivity index (χ2n) is 4.98. The average Bonchev–Trinajstić information content (AvgIpc) is 2.88. The molecular weight excluding hydrogens is 276 g/mol. The van der Waals surface area contributed by atoms with E-state index < -0.39 is 0 Å². The van der Waals surface area contributed by atoms with Crippen molar-refractivity contribution in [2.24, 2.45) is 0 Å². The Morgan fingerprint density at radius 2 is 2.05 bits per heavy atom. The van der Waals surface area contributed by atoms with Crippen molar-refractivity contribution in [1.29, 1.82) is 0 Å². The second-order valence-corrected chi connectivity index (χ2v) is 6.12. The minimum absolute atomic E-state index is 0.0605. The number of aromatic nitrogens is 1. The van der Waals surface area contributed by atoms with E-state index in [4.69, 9.17) is 4.52 Å². The topological polar surface area (TPSA) is 63.4 Å². The van der Waals surface area contributed by atoms with E-state index in [1.54, 1.807) is 0 Å². The molecule has 108 valence electrons. The SMILES string of the molecule is CN(C)CCCCCSC1=CC(=O)c2oncc2C1=O. The normalized spacial score (nSPS) is 14.7. The molecule has 0 bridgehead atoms. The van der Waals surface area contributed by atoms with Gasteiger partial charge in [0.2, 0.25) is 17.3 Å². The van der Waals surface area contributed by atoms with Crippen LogP contribution in [0.2, 0.25) is 0 Å². The number of unbranched alkanes of at least 4 members (excludes halogenated alkanes) is 2. The lowest BCUT2D eigenvalue weighted by Crippen LogP contribution is -2.14. The van der Waals surface area contributed by atoms with Crippen LogP contribution in [0.15, 0.2) is 21.7 Å². The molecule has 1 aromatic heterocycles. The van der Waals surface area contributed by atoms with Crippen molar-refractivity contribution in [3.63, 3.8) is 0 Å². The number of rotatable bonds is 7. The molecule has 0 radical (unpaired) electrons. The molecule has 0 unspecified atom stereocenters. The van der Waals surface area contributed by atoms with Gasteiger partial charge < -0.3 is 9.42 Å². The number of hydrogen-bond donors (Lipinski definition) is 0. The van der Waals surface area contributed by atoms with Crippen molar-refractivity contribution in [2.45, 2.75) is 19.3 Å². The molecule has 1 aromatic rings. The van der Waals surface area contributed by atoms with E-state index >= 15 is 0 Å². The predicted molar refractivity (Wildman–Crippen MR) is 78.1 cm³/mol. The predicted octanol–water partition coefficient (Wildman–Crippen LogP) is 2.40. The van der Waals surface area contributed by atoms with Gasteiger partial charge in [-0.25, -0.2) is 0 Å². The van der Waals surface area contributed by atoms with Crippen LogP contribution < -0.4 is 0 Å². The zero-order valence-electron chi connectivity index (χ0n) is 11.7. The molecule has 0 saturated carbocycles. The second kappa shape index (κ2) is 6.85. The van der Waals surface area contributed by atoms with Crippen molar-refractivity contribution in [3.8, 4) is 0 Å². The van der Waals surface area contributed by atoms with E-state index in [0.29, 0.717) is 4.91 Å². The van der Waals surface area contributed by atoms with Crippen molar-refractivity contribution < 1.29 is 14.1 Å². The fourth-order valence-corrected chi connectivity index (χ4v) is 2.96. The molecule has 0 saturated heterocycles. The van der Waals surface area contributed by atoms with Crippen LogP contribution in [-0.2, 0) is 0 Å². The van der Waals surface area contributed by atoms with Gasteiger partial charge in [-0.1, -0.05) is 11.6 Å². The number of thioether (sulfide) groups is 1. The van der Waals surface area contributed by atoms with E-state index in [0.717, 1.165) is 31.6 Å². The lowest BCUT2D eigenvalue weighted by Gasteiger charge is -2.10. The highest BCUT2D eigenvalue weighted by atomic mass is 32.2. The maximum absolute atomic E-state index is 12.1. The summed E-state index contributed by atoms with van der Waals surface area (Å²) in [5.74, 6) is 0.482. The van der Waals surface area contributed by atoms with Crippen molar-refractivity contribution in [2.75, 3.05) is 26.4 Å². The summed E-state index contributed by atoms with van der Waals surface area (Å²) in [4.78, 5) is 26.5. The Bertz CT molecular complexity index is 534. The Kier molecular flexibility index (Phi) is 5.14. The summed E-state index contributed by atoms with van der Waals surface area (Å²) in [6.45, 7) is 1.08. The van der Waals surface area contributed by atoms with E-state index in [2.05, 4.69) is 24.2 Å². The summed E-state index contributed by atoms with van der Waals surface area (Å²) in [7, 11) is 4.12. The third kappa shape index (κ3) is 3.58. The zero-order valence-corrected chi connectivity index (χ0v) is 12.5. The van der Waals surface area contributed by atoms with Gasteiger partial charge >= 0.3 is 0 Å². The van der Waals surface area contributed by atoms with Gasteiger partial charge in [0.1, 0.15) is 0 Å². The van der Waals surface area contributed by atoms with Gasteiger partial charge in [0, 0.05) is 6.08 Å². The van der Waals surface area contributed by atoms with Crippen LogP contribution >= 0.6 is 11.8 Å². The number of allylic oxidation sites excluding steroid dienone is 2. The van der Waals surface area contributed by atoms with E-state index in [9.17, 15) is 9.59 Å². The van der Waals surface area contributed by atoms with Gasteiger partial charge in [-0.15, -0.1) is 11.8 Å². The van der Waals surface area contributed by atoms with Crippen LogP contribution in [0.25, 0.3) is 0 Å². The van der Waals surface area contributed by atoms with Crippen LogP contribution in [0.1, 0.15) is 40.2 Å². The van der Waals surface area contributed by atoms with Crippen LogP contribution in [0.5, 0.6) is 0 Å². The fraction of sp³-hybridized carbons (Fsp3) is 0.500. The highest BCUT2D eigenvalue weighted by Gasteiger charge is 2.29. The number of carbonyl (C=O) groups excluding carboxylic acids is 2. The standard InChI is InChI=1S/C14H18N2O3S/c1-16(2)6-4-3-5-7-20-12-8-11(17)14-10(13(12)18)9-15-19-14/h8-9H,3-7H2,1-2H3. The first-order chi connectivity index (χ1) is 9.59. The molecule has 1 aliphatic carbocycles.